The highest BCUT2D eigenvalue weighted by Gasteiger charge is 2.37. The van der Waals surface area contributed by atoms with E-state index in [1.807, 2.05) is 92.0 Å². The monoisotopic (exact) mass is 792 g/mol. The minimum Gasteiger partial charge on any atom is -0.506 e. The van der Waals surface area contributed by atoms with Crippen molar-refractivity contribution in [1.82, 2.24) is 20.4 Å². The largest absolute Gasteiger partial charge is 0.506 e. The maximum absolute atomic E-state index is 12.1. The summed E-state index contributed by atoms with van der Waals surface area (Å²) in [6, 6.07) is 35.9. The third-order valence-electron chi connectivity index (χ3n) is 10.6. The number of pyridine rings is 1. The zero-order valence-electron chi connectivity index (χ0n) is 33.8. The number of rotatable bonds is 18. The minimum atomic E-state index is -1.48. The van der Waals surface area contributed by atoms with Gasteiger partial charge in [-0.3, -0.25) is 9.69 Å². The summed E-state index contributed by atoms with van der Waals surface area (Å²) in [7, 11) is 0.546. The van der Waals surface area contributed by atoms with E-state index in [-0.39, 0.29) is 22.2 Å². The van der Waals surface area contributed by atoms with Gasteiger partial charge in [-0.15, -0.1) is 10.3 Å². The summed E-state index contributed by atoms with van der Waals surface area (Å²) in [6.45, 7) is 9.81. The number of aromatic amines is 1. The van der Waals surface area contributed by atoms with Crippen molar-refractivity contribution in [3.63, 3.8) is 0 Å². The van der Waals surface area contributed by atoms with Gasteiger partial charge in [0.25, 0.3) is 0 Å². The average molecular weight is 793 g/mol. The zero-order valence-corrected chi connectivity index (χ0v) is 34.6. The summed E-state index contributed by atoms with van der Waals surface area (Å²) >= 11 is 0. The van der Waals surface area contributed by atoms with Crippen LogP contribution in [0.15, 0.2) is 125 Å². The van der Waals surface area contributed by atoms with Crippen molar-refractivity contribution in [2.45, 2.75) is 56.6 Å². The maximum Gasteiger partial charge on any atom is 0.248 e. The first kappa shape index (κ1) is 41.7. The van der Waals surface area contributed by atoms with Crippen LogP contribution in [-0.4, -0.2) is 75.8 Å². The molecule has 0 amide bonds. The molecule has 1 unspecified atom stereocenters. The first-order valence-electron chi connectivity index (χ1n) is 19.4. The summed E-state index contributed by atoms with van der Waals surface area (Å²) in [5.74, 6) is 1.54. The van der Waals surface area contributed by atoms with Gasteiger partial charge in [0, 0.05) is 35.4 Å². The van der Waals surface area contributed by atoms with Crippen LogP contribution < -0.4 is 15.6 Å². The number of benzene rings is 4. The van der Waals surface area contributed by atoms with E-state index in [2.05, 4.69) is 65.8 Å². The Morgan fingerprint density at radius 1 is 0.912 bits per heavy atom. The standard InChI is InChI=1S/C46H56N4O6S/c1-45(2,3)57(5,6)56-41(38-22-24-40(51)44-39(38)23-25-43(52)48-44)31-47-27-26-33-18-20-36(21-19-33)54-29-13-28-50(4)32-37-30-42(49-55-37)46(53,34-14-9-7-10-15-34)35-16-11-8-12-17-35/h7-12,14-25,30,41,47,51,53H,13,26-29,31-32H2,1-6H3,(H,48,52). The van der Waals surface area contributed by atoms with E-state index in [4.69, 9.17) is 13.4 Å². The predicted octanol–water partition coefficient (Wildman–Crippen LogP) is 8.07. The Hall–Kier alpha value is -4.91. The lowest BCUT2D eigenvalue weighted by atomic mass is 9.83. The molecule has 0 saturated heterocycles. The van der Waals surface area contributed by atoms with Crippen LogP contribution >= 0.6 is 10.3 Å². The van der Waals surface area contributed by atoms with Crippen LogP contribution in [-0.2, 0) is 22.7 Å². The number of nitrogens with zero attached hydrogens (tertiary/aromatic N) is 2. The third-order valence-corrected chi connectivity index (χ3v) is 14.3. The highest BCUT2D eigenvalue weighted by Crippen LogP contribution is 2.56. The number of hydrogen-bond acceptors (Lipinski definition) is 9. The van der Waals surface area contributed by atoms with Gasteiger partial charge in [-0.2, -0.15) is 0 Å². The van der Waals surface area contributed by atoms with Crippen LogP contribution in [0.4, 0.5) is 0 Å². The van der Waals surface area contributed by atoms with E-state index in [1.54, 1.807) is 12.1 Å². The number of aliphatic hydroxyl groups is 1. The third kappa shape index (κ3) is 10.2. The Kier molecular flexibility index (Phi) is 13.3. The molecule has 4 N–H and O–H groups in total. The smallest absolute Gasteiger partial charge is 0.248 e. The molecule has 6 aromatic rings. The molecule has 0 aliphatic heterocycles. The SMILES string of the molecule is CN(CCCOc1ccc(CCNCC(OS(C)(C)C(C)(C)C)c2ccc(O)c3[nH]c(=O)ccc23)cc1)Cc1cc(C(O)(c2ccccc2)c2ccccc2)no1. The molecule has 2 heterocycles. The van der Waals surface area contributed by atoms with Crippen molar-refractivity contribution in [2.75, 3.05) is 45.8 Å². The second-order valence-corrected chi connectivity index (χ2v) is 19.8. The molecule has 0 bridgehead atoms. The summed E-state index contributed by atoms with van der Waals surface area (Å²) in [5, 5.41) is 31.2. The molecule has 4 aromatic carbocycles. The van der Waals surface area contributed by atoms with Crippen molar-refractivity contribution in [3.05, 3.63) is 159 Å². The molecule has 2 aromatic heterocycles. The Bertz CT molecular complexity index is 2210. The van der Waals surface area contributed by atoms with E-state index in [0.717, 1.165) is 53.8 Å². The van der Waals surface area contributed by atoms with E-state index >= 15 is 0 Å². The Balaban J connectivity index is 0.974. The Morgan fingerprint density at radius 3 is 2.23 bits per heavy atom. The van der Waals surface area contributed by atoms with E-state index < -0.39 is 15.9 Å². The summed E-state index contributed by atoms with van der Waals surface area (Å²) in [5.41, 5.74) is 2.75. The normalized spacial score (nSPS) is 13.3. The molecule has 0 aliphatic rings. The van der Waals surface area contributed by atoms with Gasteiger partial charge in [0.2, 0.25) is 5.56 Å². The first-order chi connectivity index (χ1) is 27.2. The lowest BCUT2D eigenvalue weighted by Crippen LogP contribution is -2.31. The van der Waals surface area contributed by atoms with Crippen LogP contribution in [0.3, 0.4) is 0 Å². The van der Waals surface area contributed by atoms with Gasteiger partial charge in [0.05, 0.1) is 18.7 Å². The number of phenols is 1. The molecule has 6 rings (SSSR count). The van der Waals surface area contributed by atoms with Gasteiger partial charge < -0.3 is 34.0 Å². The lowest BCUT2D eigenvalue weighted by Gasteiger charge is -2.46. The number of hydrogen-bond donors (Lipinski definition) is 4. The van der Waals surface area contributed by atoms with Gasteiger partial charge in [-0.25, -0.2) is 0 Å². The summed E-state index contributed by atoms with van der Waals surface area (Å²) < 4.78 is 18.6. The Labute approximate surface area is 337 Å². The predicted molar refractivity (Wildman–Crippen MR) is 230 cm³/mol. The molecule has 0 fully saturated rings. The van der Waals surface area contributed by atoms with Gasteiger partial charge >= 0.3 is 0 Å². The van der Waals surface area contributed by atoms with E-state index in [1.165, 1.54) is 11.6 Å². The molecule has 10 nitrogen and oxygen atoms in total. The summed E-state index contributed by atoms with van der Waals surface area (Å²) in [6.07, 6.45) is 5.73. The fourth-order valence-electron chi connectivity index (χ4n) is 6.64. The number of nitrogens with one attached hydrogen (secondary N) is 2. The molecule has 1 atom stereocenters. The molecule has 0 aliphatic carbocycles. The average Bonchev–Trinajstić information content (AvgIpc) is 3.67. The number of phenolic OH excluding ortho intramolecular Hbond substituents is 1. The van der Waals surface area contributed by atoms with E-state index in [9.17, 15) is 15.0 Å². The minimum absolute atomic E-state index is 0.0382. The van der Waals surface area contributed by atoms with Crippen LogP contribution in [0.25, 0.3) is 10.9 Å². The van der Waals surface area contributed by atoms with Crippen molar-refractivity contribution < 1.29 is 23.7 Å². The topological polar surface area (TPSA) is 133 Å². The van der Waals surface area contributed by atoms with Crippen molar-refractivity contribution in [1.29, 1.82) is 0 Å². The highest BCUT2D eigenvalue weighted by molar-refractivity contribution is 8.29. The highest BCUT2D eigenvalue weighted by atomic mass is 32.3. The molecule has 57 heavy (non-hydrogen) atoms. The first-order valence-corrected chi connectivity index (χ1v) is 21.8. The lowest BCUT2D eigenvalue weighted by molar-refractivity contribution is 0.116. The second kappa shape index (κ2) is 18.1. The number of aromatic hydroxyl groups is 1. The fourth-order valence-corrected chi connectivity index (χ4v) is 7.68. The number of H-pyrrole nitrogens is 1. The molecule has 0 saturated carbocycles. The second-order valence-electron chi connectivity index (χ2n) is 15.9. The molecule has 0 spiro atoms. The van der Waals surface area contributed by atoms with Crippen LogP contribution in [0.1, 0.15) is 67.0 Å². The van der Waals surface area contributed by atoms with E-state index in [0.29, 0.717) is 36.7 Å². The number of ether oxygens (including phenoxy) is 1. The molecule has 0 radical (unpaired) electrons. The summed E-state index contributed by atoms with van der Waals surface area (Å²) in [4.78, 5) is 17.0. The molecular formula is C46H56N4O6S. The van der Waals surface area contributed by atoms with Crippen molar-refractivity contribution in [3.8, 4) is 11.5 Å². The van der Waals surface area contributed by atoms with Crippen LogP contribution in [0, 0.1) is 0 Å². The number of aromatic nitrogens is 2. The van der Waals surface area contributed by atoms with Gasteiger partial charge in [0.1, 0.15) is 23.3 Å². The Morgan fingerprint density at radius 2 is 1.58 bits per heavy atom. The number of fused-ring (bicyclic) bond motifs is 1. The maximum atomic E-state index is 12.1. The molecule has 302 valence electrons. The molecule has 11 heteroatoms. The van der Waals surface area contributed by atoms with Crippen LogP contribution in [0.2, 0.25) is 0 Å². The van der Waals surface area contributed by atoms with Crippen molar-refractivity contribution >= 4 is 21.2 Å². The fraction of sp³-hybridized carbons (Fsp3) is 0.348. The van der Waals surface area contributed by atoms with Crippen molar-refractivity contribution in [2.24, 2.45) is 0 Å². The molecular weight excluding hydrogens is 737 g/mol. The van der Waals surface area contributed by atoms with Gasteiger partial charge in [-0.1, -0.05) is 105 Å². The van der Waals surface area contributed by atoms with Gasteiger partial charge in [-0.05, 0) is 85.5 Å². The van der Waals surface area contributed by atoms with Gasteiger partial charge in [0.15, 0.2) is 11.4 Å². The zero-order chi connectivity index (χ0) is 40.6. The quantitative estimate of drug-likeness (QED) is 0.0638. The van der Waals surface area contributed by atoms with Crippen LogP contribution in [0.5, 0.6) is 11.5 Å².